The molecule has 1 amide bonds. The summed E-state index contributed by atoms with van der Waals surface area (Å²) >= 11 is 0. The van der Waals surface area contributed by atoms with Crippen LogP contribution < -0.4 is 5.32 Å². The normalized spacial score (nSPS) is 37.2. The summed E-state index contributed by atoms with van der Waals surface area (Å²) < 4.78 is 5.10. The van der Waals surface area contributed by atoms with Crippen LogP contribution in [0.15, 0.2) is 0 Å². The Labute approximate surface area is 115 Å². The molecular weight excluding hydrogens is 274 g/mol. The van der Waals surface area contributed by atoms with Gasteiger partial charge < -0.3 is 40.7 Å². The molecule has 0 aromatic carbocycles. The number of aliphatic hydroxyl groups excluding tert-OH is 5. The van der Waals surface area contributed by atoms with E-state index in [-0.39, 0.29) is 6.42 Å². The molecule has 118 valence electrons. The fraction of sp³-hybridized carbons (Fsp3) is 0.909. The summed E-state index contributed by atoms with van der Waals surface area (Å²) in [4.78, 5) is 11.1. The van der Waals surface area contributed by atoms with Gasteiger partial charge in [-0.15, -0.1) is 0 Å². The van der Waals surface area contributed by atoms with E-state index in [0.29, 0.717) is 0 Å². The Morgan fingerprint density at radius 2 is 2.05 bits per heavy atom. The minimum absolute atomic E-state index is 0.382. The van der Waals surface area contributed by atoms with Crippen molar-refractivity contribution < 1.29 is 40.2 Å². The van der Waals surface area contributed by atoms with Crippen molar-refractivity contribution in [3.05, 3.63) is 0 Å². The lowest BCUT2D eigenvalue weighted by atomic mass is 9.89. The summed E-state index contributed by atoms with van der Waals surface area (Å²) in [5.74, 6) is -2.61. The quantitative estimate of drug-likeness (QED) is 0.270. The number of ether oxygens (including phenoxy) is 1. The van der Waals surface area contributed by atoms with E-state index in [1.165, 1.54) is 6.92 Å². The highest BCUT2D eigenvalue weighted by Crippen LogP contribution is 2.29. The zero-order valence-corrected chi connectivity index (χ0v) is 11.0. The van der Waals surface area contributed by atoms with Crippen molar-refractivity contribution in [1.82, 2.24) is 5.32 Å². The van der Waals surface area contributed by atoms with Gasteiger partial charge in [0.15, 0.2) is 5.79 Å². The molecule has 0 aromatic rings. The topological polar surface area (TPSA) is 160 Å². The maximum absolute atomic E-state index is 11.1. The smallest absolute Gasteiger partial charge is 0.217 e. The predicted molar refractivity (Wildman–Crippen MR) is 64.2 cm³/mol. The Bertz CT molecular complexity index is 340. The van der Waals surface area contributed by atoms with E-state index in [2.05, 4.69) is 5.32 Å². The first-order valence-corrected chi connectivity index (χ1v) is 6.17. The van der Waals surface area contributed by atoms with Crippen LogP contribution in [0.4, 0.5) is 0 Å². The first-order valence-electron chi connectivity index (χ1n) is 6.17. The molecule has 1 aliphatic heterocycles. The number of hydrogen-bond acceptors (Lipinski definition) is 8. The number of rotatable bonds is 5. The molecule has 0 aromatic heterocycles. The molecule has 0 saturated carbocycles. The third kappa shape index (κ3) is 3.85. The lowest BCUT2D eigenvalue weighted by Gasteiger charge is -2.45. The molecule has 7 N–H and O–H groups in total. The van der Waals surface area contributed by atoms with Gasteiger partial charge in [0.1, 0.15) is 18.3 Å². The molecular formula is C11H21NO8. The van der Waals surface area contributed by atoms with Gasteiger partial charge in [0.05, 0.1) is 25.4 Å². The van der Waals surface area contributed by atoms with Gasteiger partial charge in [-0.1, -0.05) is 0 Å². The molecule has 0 aliphatic carbocycles. The maximum atomic E-state index is 11.1. The lowest BCUT2D eigenvalue weighted by Crippen LogP contribution is -2.66. The van der Waals surface area contributed by atoms with Crippen LogP contribution in [0.5, 0.6) is 0 Å². The predicted octanol–water partition coefficient (Wildman–Crippen LogP) is -3.96. The van der Waals surface area contributed by atoms with Crippen molar-refractivity contribution in [2.75, 3.05) is 13.2 Å². The minimum Gasteiger partial charge on any atom is -0.394 e. The molecule has 0 bridgehead atoms. The van der Waals surface area contributed by atoms with Crippen molar-refractivity contribution in [2.24, 2.45) is 0 Å². The monoisotopic (exact) mass is 295 g/mol. The average Bonchev–Trinajstić information content (AvgIpc) is 2.39. The highest BCUT2D eigenvalue weighted by molar-refractivity contribution is 5.73. The molecule has 20 heavy (non-hydrogen) atoms. The third-order valence-electron chi connectivity index (χ3n) is 3.19. The molecule has 9 heteroatoms. The molecule has 1 rings (SSSR count). The second-order valence-corrected chi connectivity index (χ2v) is 4.93. The Balaban J connectivity index is 2.98. The van der Waals surface area contributed by atoms with Crippen LogP contribution in [0, 0.1) is 0 Å². The van der Waals surface area contributed by atoms with Gasteiger partial charge in [0, 0.05) is 13.3 Å². The maximum Gasteiger partial charge on any atom is 0.217 e. The standard InChI is InChI=1S/C11H21NO8/c1-5(15)12-8-6(16)2-11(19,4-14)20-10(8)9(18)7(17)3-13/h6-10,13-14,16-19H,2-4H2,1H3,(H,12,15)/t6-,7+,8+,9+,10+,11+/m0/s1. The van der Waals surface area contributed by atoms with Crippen LogP contribution in [0.2, 0.25) is 0 Å². The first-order chi connectivity index (χ1) is 9.24. The van der Waals surface area contributed by atoms with E-state index in [9.17, 15) is 25.2 Å². The molecule has 1 fully saturated rings. The molecule has 1 aliphatic rings. The molecule has 0 spiro atoms. The summed E-state index contributed by atoms with van der Waals surface area (Å²) in [7, 11) is 0. The van der Waals surface area contributed by atoms with E-state index in [1.54, 1.807) is 0 Å². The fourth-order valence-corrected chi connectivity index (χ4v) is 2.17. The minimum atomic E-state index is -2.10. The van der Waals surface area contributed by atoms with Gasteiger partial charge in [0.2, 0.25) is 5.91 Å². The number of aliphatic hydroxyl groups is 6. The fourth-order valence-electron chi connectivity index (χ4n) is 2.17. The molecule has 9 nitrogen and oxygen atoms in total. The van der Waals surface area contributed by atoms with E-state index >= 15 is 0 Å². The summed E-state index contributed by atoms with van der Waals surface area (Å²) in [5.41, 5.74) is 0. The second-order valence-electron chi connectivity index (χ2n) is 4.93. The van der Waals surface area contributed by atoms with Crippen LogP contribution in [-0.4, -0.2) is 86.0 Å². The van der Waals surface area contributed by atoms with Crippen LogP contribution in [0.3, 0.4) is 0 Å². The summed E-state index contributed by atoms with van der Waals surface area (Å²) in [5, 5.41) is 59.4. The van der Waals surface area contributed by atoms with Crippen LogP contribution in [0.1, 0.15) is 13.3 Å². The Morgan fingerprint density at radius 3 is 2.50 bits per heavy atom. The Kier molecular flexibility index (Phi) is 5.83. The molecule has 1 saturated heterocycles. The number of amides is 1. The number of nitrogens with one attached hydrogen (secondary N) is 1. The molecule has 0 radical (unpaired) electrons. The Morgan fingerprint density at radius 1 is 1.45 bits per heavy atom. The number of hydrogen-bond donors (Lipinski definition) is 7. The lowest BCUT2D eigenvalue weighted by molar-refractivity contribution is -0.312. The van der Waals surface area contributed by atoms with Gasteiger partial charge in [0.25, 0.3) is 0 Å². The van der Waals surface area contributed by atoms with Gasteiger partial charge >= 0.3 is 0 Å². The number of carbonyl (C=O) groups excluding carboxylic acids is 1. The van der Waals surface area contributed by atoms with Gasteiger partial charge in [-0.3, -0.25) is 4.79 Å². The number of carbonyl (C=O) groups is 1. The Hall–Kier alpha value is -0.810. The summed E-state index contributed by atoms with van der Waals surface area (Å²) in [6, 6.07) is -1.10. The molecule has 6 atom stereocenters. The zero-order valence-electron chi connectivity index (χ0n) is 11.0. The van der Waals surface area contributed by atoms with Crippen LogP contribution in [-0.2, 0) is 9.53 Å². The van der Waals surface area contributed by atoms with Crippen molar-refractivity contribution in [1.29, 1.82) is 0 Å². The largest absolute Gasteiger partial charge is 0.394 e. The van der Waals surface area contributed by atoms with Gasteiger partial charge in [-0.2, -0.15) is 0 Å². The first kappa shape index (κ1) is 17.2. The SMILES string of the molecule is CC(=O)N[C@H]1[C@H]([C@H](O)[C@H](O)CO)O[C@@](O)(CO)C[C@@H]1O. The van der Waals surface area contributed by atoms with Crippen molar-refractivity contribution in [3.8, 4) is 0 Å². The van der Waals surface area contributed by atoms with Crippen molar-refractivity contribution in [2.45, 2.75) is 49.6 Å². The summed E-state index contributed by atoms with van der Waals surface area (Å²) in [6.45, 7) is -0.428. The van der Waals surface area contributed by atoms with E-state index in [4.69, 9.17) is 14.9 Å². The second kappa shape index (κ2) is 6.76. The van der Waals surface area contributed by atoms with Crippen LogP contribution >= 0.6 is 0 Å². The van der Waals surface area contributed by atoms with E-state index < -0.39 is 55.4 Å². The highest BCUT2D eigenvalue weighted by Gasteiger charge is 2.49. The van der Waals surface area contributed by atoms with Crippen molar-refractivity contribution in [3.63, 3.8) is 0 Å². The van der Waals surface area contributed by atoms with E-state index in [1.807, 2.05) is 0 Å². The highest BCUT2D eigenvalue weighted by atomic mass is 16.7. The van der Waals surface area contributed by atoms with Gasteiger partial charge in [-0.05, 0) is 0 Å². The zero-order chi connectivity index (χ0) is 15.5. The molecule has 0 unspecified atom stereocenters. The third-order valence-corrected chi connectivity index (χ3v) is 3.19. The van der Waals surface area contributed by atoms with Crippen molar-refractivity contribution >= 4 is 5.91 Å². The average molecular weight is 295 g/mol. The van der Waals surface area contributed by atoms with E-state index in [0.717, 1.165) is 0 Å². The summed E-state index contributed by atoms with van der Waals surface area (Å²) in [6.07, 6.45) is -6.36. The molecule has 1 heterocycles. The van der Waals surface area contributed by atoms with Gasteiger partial charge in [-0.25, -0.2) is 0 Å². The van der Waals surface area contributed by atoms with Crippen LogP contribution in [0.25, 0.3) is 0 Å².